The third kappa shape index (κ3) is 2.77. The van der Waals surface area contributed by atoms with Crippen LogP contribution in [0.5, 0.6) is 11.5 Å². The molecule has 0 spiro atoms. The van der Waals surface area contributed by atoms with Crippen molar-refractivity contribution in [2.24, 2.45) is 0 Å². The molecule has 4 aromatic rings. The van der Waals surface area contributed by atoms with Crippen LogP contribution in [-0.2, 0) is 0 Å². The molecule has 1 nitrogen and oxygen atoms in total. The maximum Gasteiger partial charge on any atom is 0.135 e. The van der Waals surface area contributed by atoms with Crippen LogP contribution in [0.4, 0.5) is 0 Å². The summed E-state index contributed by atoms with van der Waals surface area (Å²) in [5.41, 5.74) is 14.6. The molecule has 0 aliphatic carbocycles. The zero-order chi connectivity index (χ0) is 22.9. The van der Waals surface area contributed by atoms with Gasteiger partial charge in [0.25, 0.3) is 0 Å². The van der Waals surface area contributed by atoms with Gasteiger partial charge in [-0.05, 0) is 116 Å². The van der Waals surface area contributed by atoms with E-state index in [-0.39, 0.29) is 5.92 Å². The Morgan fingerprint density at radius 1 is 0.500 bits per heavy atom. The SMILES string of the molecule is Cc1c(C)c(C)c2c(c1C)Oc1c(C)c(C)c(C)c(C)c1C2c1ccc2ccccc2c1. The molecule has 0 saturated carbocycles. The predicted molar refractivity (Wildman–Crippen MR) is 136 cm³/mol. The minimum absolute atomic E-state index is 0.161. The minimum atomic E-state index is 0.161. The molecule has 0 saturated heterocycles. The molecule has 4 aromatic carbocycles. The number of rotatable bonds is 1. The standard InChI is InChI=1S/C31H32O/c1-16-18(3)22(7)30-27(20(16)5)29(26-14-13-24-11-9-10-12-25(24)15-26)28-21(6)17(2)19(4)23(8)31(28)32-30/h9-15,29H,1-8H3. The van der Waals surface area contributed by atoms with E-state index in [1.54, 1.807) is 0 Å². The first-order chi connectivity index (χ1) is 15.2. The van der Waals surface area contributed by atoms with Crippen LogP contribution in [0, 0.1) is 55.4 Å². The predicted octanol–water partition coefficient (Wildman–Crippen LogP) is 8.59. The average Bonchev–Trinajstić information content (AvgIpc) is 2.81. The molecule has 32 heavy (non-hydrogen) atoms. The van der Waals surface area contributed by atoms with E-state index >= 15 is 0 Å². The van der Waals surface area contributed by atoms with Gasteiger partial charge in [0.05, 0.1) is 0 Å². The van der Waals surface area contributed by atoms with Gasteiger partial charge in [0.1, 0.15) is 11.5 Å². The summed E-state index contributed by atoms with van der Waals surface area (Å²) < 4.78 is 6.81. The van der Waals surface area contributed by atoms with E-state index in [2.05, 4.69) is 97.9 Å². The molecule has 0 radical (unpaired) electrons. The molecular weight excluding hydrogens is 388 g/mol. The highest BCUT2D eigenvalue weighted by Crippen LogP contribution is 2.54. The summed E-state index contributed by atoms with van der Waals surface area (Å²) in [5.74, 6) is 2.28. The molecule has 0 fully saturated rings. The lowest BCUT2D eigenvalue weighted by molar-refractivity contribution is 0.442. The molecule has 1 heterocycles. The van der Waals surface area contributed by atoms with Crippen LogP contribution in [0.15, 0.2) is 42.5 Å². The quantitative estimate of drug-likeness (QED) is 0.264. The van der Waals surface area contributed by atoms with Crippen LogP contribution < -0.4 is 4.74 Å². The average molecular weight is 421 g/mol. The maximum absolute atomic E-state index is 6.81. The summed E-state index contributed by atoms with van der Waals surface area (Å²) >= 11 is 0. The van der Waals surface area contributed by atoms with Gasteiger partial charge in [-0.2, -0.15) is 0 Å². The van der Waals surface area contributed by atoms with Gasteiger partial charge in [-0.1, -0.05) is 42.5 Å². The minimum Gasteiger partial charge on any atom is -0.456 e. The molecule has 1 aliphatic heterocycles. The van der Waals surface area contributed by atoms with Crippen molar-refractivity contribution in [1.82, 2.24) is 0 Å². The van der Waals surface area contributed by atoms with Crippen molar-refractivity contribution < 1.29 is 4.74 Å². The van der Waals surface area contributed by atoms with Gasteiger partial charge in [0, 0.05) is 17.0 Å². The van der Waals surface area contributed by atoms with Gasteiger partial charge in [-0.25, -0.2) is 0 Å². The van der Waals surface area contributed by atoms with Gasteiger partial charge < -0.3 is 4.74 Å². The molecule has 1 heteroatoms. The Hall–Kier alpha value is -3.06. The molecule has 0 N–H and O–H groups in total. The molecule has 0 aromatic heterocycles. The zero-order valence-corrected chi connectivity index (χ0v) is 20.5. The van der Waals surface area contributed by atoms with Crippen LogP contribution in [0.25, 0.3) is 10.8 Å². The molecule has 0 bridgehead atoms. The first-order valence-corrected chi connectivity index (χ1v) is 11.6. The van der Waals surface area contributed by atoms with Crippen molar-refractivity contribution in [3.63, 3.8) is 0 Å². The Kier molecular flexibility index (Phi) is 4.71. The lowest BCUT2D eigenvalue weighted by Crippen LogP contribution is -2.19. The third-order valence-electron chi connectivity index (χ3n) is 8.24. The van der Waals surface area contributed by atoms with E-state index < -0.39 is 0 Å². The molecule has 1 aliphatic rings. The van der Waals surface area contributed by atoms with Crippen LogP contribution in [0.3, 0.4) is 0 Å². The van der Waals surface area contributed by atoms with E-state index in [4.69, 9.17) is 4.74 Å². The second-order valence-corrected chi connectivity index (χ2v) is 9.63. The zero-order valence-electron chi connectivity index (χ0n) is 20.5. The highest BCUT2D eigenvalue weighted by Gasteiger charge is 2.36. The largest absolute Gasteiger partial charge is 0.456 e. The van der Waals surface area contributed by atoms with Crippen molar-refractivity contribution in [1.29, 1.82) is 0 Å². The van der Waals surface area contributed by atoms with Gasteiger partial charge in [-0.15, -0.1) is 0 Å². The van der Waals surface area contributed by atoms with Gasteiger partial charge >= 0.3 is 0 Å². The van der Waals surface area contributed by atoms with Crippen molar-refractivity contribution in [3.8, 4) is 11.5 Å². The number of hydrogen-bond donors (Lipinski definition) is 0. The normalized spacial score (nSPS) is 13.1. The van der Waals surface area contributed by atoms with E-state index in [0.29, 0.717) is 0 Å². The lowest BCUT2D eigenvalue weighted by Gasteiger charge is -2.36. The molecule has 0 atom stereocenters. The molecular formula is C31H32O. The summed E-state index contributed by atoms with van der Waals surface area (Å²) in [4.78, 5) is 0. The number of fused-ring (bicyclic) bond motifs is 3. The summed E-state index contributed by atoms with van der Waals surface area (Å²) in [6, 6.07) is 15.6. The van der Waals surface area contributed by atoms with Crippen LogP contribution in [-0.4, -0.2) is 0 Å². The van der Waals surface area contributed by atoms with Crippen LogP contribution in [0.1, 0.15) is 67.1 Å². The van der Waals surface area contributed by atoms with E-state index in [0.717, 1.165) is 11.5 Å². The van der Waals surface area contributed by atoms with E-state index in [9.17, 15) is 0 Å². The molecule has 0 amide bonds. The third-order valence-corrected chi connectivity index (χ3v) is 8.24. The van der Waals surface area contributed by atoms with Gasteiger partial charge in [0.2, 0.25) is 0 Å². The fourth-order valence-electron chi connectivity index (χ4n) is 5.54. The van der Waals surface area contributed by atoms with E-state index in [1.807, 2.05) is 0 Å². The van der Waals surface area contributed by atoms with Gasteiger partial charge in [0.15, 0.2) is 0 Å². The smallest absolute Gasteiger partial charge is 0.135 e. The Balaban J connectivity index is 1.93. The molecule has 162 valence electrons. The van der Waals surface area contributed by atoms with Crippen molar-refractivity contribution in [2.75, 3.05) is 0 Å². The number of hydrogen-bond acceptors (Lipinski definition) is 1. The topological polar surface area (TPSA) is 9.23 Å². The summed E-state index contributed by atoms with van der Waals surface area (Å²) in [5, 5.41) is 2.57. The highest BCUT2D eigenvalue weighted by molar-refractivity contribution is 5.84. The lowest BCUT2D eigenvalue weighted by atomic mass is 9.74. The Bertz CT molecular complexity index is 1350. The van der Waals surface area contributed by atoms with E-state index in [1.165, 1.54) is 72.0 Å². The van der Waals surface area contributed by atoms with Crippen LogP contribution >= 0.6 is 0 Å². The molecule has 0 unspecified atom stereocenters. The second-order valence-electron chi connectivity index (χ2n) is 9.63. The van der Waals surface area contributed by atoms with Crippen molar-refractivity contribution in [3.05, 3.63) is 104 Å². The summed E-state index contributed by atoms with van der Waals surface area (Å²) in [6.45, 7) is 17.9. The first kappa shape index (κ1) is 20.8. The second kappa shape index (κ2) is 7.24. The Labute approximate surface area is 192 Å². The van der Waals surface area contributed by atoms with Crippen molar-refractivity contribution in [2.45, 2.75) is 61.3 Å². The Morgan fingerprint density at radius 2 is 0.969 bits per heavy atom. The fourth-order valence-corrected chi connectivity index (χ4v) is 5.54. The van der Waals surface area contributed by atoms with Crippen molar-refractivity contribution >= 4 is 10.8 Å². The monoisotopic (exact) mass is 420 g/mol. The highest BCUT2D eigenvalue weighted by atomic mass is 16.5. The maximum atomic E-state index is 6.81. The fraction of sp³-hybridized carbons (Fsp3) is 0.290. The number of ether oxygens (including phenoxy) is 1. The number of benzene rings is 4. The summed E-state index contributed by atoms with van der Waals surface area (Å²) in [6.07, 6.45) is 0. The van der Waals surface area contributed by atoms with Gasteiger partial charge in [-0.3, -0.25) is 0 Å². The summed E-state index contributed by atoms with van der Waals surface area (Å²) in [7, 11) is 0. The molecule has 5 rings (SSSR count). The Morgan fingerprint density at radius 3 is 1.50 bits per heavy atom. The first-order valence-electron chi connectivity index (χ1n) is 11.6. The van der Waals surface area contributed by atoms with Crippen LogP contribution in [0.2, 0.25) is 0 Å².